The quantitative estimate of drug-likeness (QED) is 0.526. The zero-order valence-electron chi connectivity index (χ0n) is 10.8. The Morgan fingerprint density at radius 2 is 2.26 bits per heavy atom. The van der Waals surface area contributed by atoms with Gasteiger partial charge in [-0.25, -0.2) is 0 Å². The average molecular weight is 281 g/mol. The number of carbonyl (C=O) groups is 1. The second-order valence-electron chi connectivity index (χ2n) is 4.28. The third kappa shape index (κ3) is 4.38. The molecule has 0 saturated carbocycles. The molecule has 1 aromatic heterocycles. The summed E-state index contributed by atoms with van der Waals surface area (Å²) in [6, 6.07) is 3.34. The van der Waals surface area contributed by atoms with Crippen LogP contribution in [0, 0.1) is 0 Å². The number of hydrogen-bond acceptors (Lipinski definition) is 6. The molecule has 0 aromatic carbocycles. The van der Waals surface area contributed by atoms with Crippen molar-refractivity contribution in [3.8, 4) is 0 Å². The second-order valence-corrected chi connectivity index (χ2v) is 5.51. The maximum Gasteiger partial charge on any atom is 0.269 e. The Labute approximate surface area is 117 Å². The molecule has 0 aliphatic carbocycles. The Hall–Kier alpha value is -1.31. The molecular formula is C12H19N5OS. The van der Waals surface area contributed by atoms with Gasteiger partial charge >= 0.3 is 0 Å². The third-order valence-electron chi connectivity index (χ3n) is 2.98. The SMILES string of the molecule is NNc1ccnc(C(=O)NCCN2CCSCC2)c1. The Morgan fingerprint density at radius 1 is 1.47 bits per heavy atom. The minimum atomic E-state index is -0.163. The zero-order valence-corrected chi connectivity index (χ0v) is 11.6. The standard InChI is InChI=1S/C12H19N5OS/c13-16-10-1-2-14-11(9-10)12(18)15-3-4-17-5-7-19-8-6-17/h1-2,9H,3-8,13H2,(H,14,16)(H,15,18). The molecule has 0 unspecified atom stereocenters. The van der Waals surface area contributed by atoms with Gasteiger partial charge in [-0.1, -0.05) is 0 Å². The van der Waals surface area contributed by atoms with E-state index in [4.69, 9.17) is 5.84 Å². The summed E-state index contributed by atoms with van der Waals surface area (Å²) in [5.41, 5.74) is 3.55. The molecule has 1 saturated heterocycles. The van der Waals surface area contributed by atoms with Gasteiger partial charge in [0.15, 0.2) is 0 Å². The van der Waals surface area contributed by atoms with E-state index in [-0.39, 0.29) is 5.91 Å². The Balaban J connectivity index is 1.77. The van der Waals surface area contributed by atoms with Crippen molar-refractivity contribution in [3.05, 3.63) is 24.0 Å². The molecule has 0 atom stereocenters. The van der Waals surface area contributed by atoms with Crippen LogP contribution < -0.4 is 16.6 Å². The summed E-state index contributed by atoms with van der Waals surface area (Å²) >= 11 is 1.98. The van der Waals surface area contributed by atoms with Gasteiger partial charge in [0.05, 0.1) is 5.69 Å². The summed E-state index contributed by atoms with van der Waals surface area (Å²) in [6.45, 7) is 3.74. The molecule has 0 spiro atoms. The monoisotopic (exact) mass is 281 g/mol. The van der Waals surface area contributed by atoms with Crippen LogP contribution in [0.1, 0.15) is 10.5 Å². The first-order chi connectivity index (χ1) is 9.29. The molecule has 1 amide bonds. The third-order valence-corrected chi connectivity index (χ3v) is 3.92. The van der Waals surface area contributed by atoms with Gasteiger partial charge in [-0.3, -0.25) is 20.5 Å². The van der Waals surface area contributed by atoms with Crippen molar-refractivity contribution in [2.75, 3.05) is 43.1 Å². The molecule has 0 radical (unpaired) electrons. The highest BCUT2D eigenvalue weighted by molar-refractivity contribution is 7.99. The van der Waals surface area contributed by atoms with E-state index < -0.39 is 0 Å². The number of thioether (sulfide) groups is 1. The van der Waals surface area contributed by atoms with Crippen molar-refractivity contribution in [1.29, 1.82) is 0 Å². The fraction of sp³-hybridized carbons (Fsp3) is 0.500. The number of hydrazine groups is 1. The number of rotatable bonds is 5. The van der Waals surface area contributed by atoms with Crippen LogP contribution in [0.25, 0.3) is 0 Å². The average Bonchev–Trinajstić information content (AvgIpc) is 2.48. The van der Waals surface area contributed by atoms with Gasteiger partial charge in [0.2, 0.25) is 0 Å². The van der Waals surface area contributed by atoms with E-state index in [1.165, 1.54) is 11.5 Å². The number of nitrogen functional groups attached to an aromatic ring is 1. The molecule has 1 aromatic rings. The van der Waals surface area contributed by atoms with E-state index >= 15 is 0 Å². The minimum Gasteiger partial charge on any atom is -0.349 e. The van der Waals surface area contributed by atoms with Gasteiger partial charge in [0.25, 0.3) is 5.91 Å². The predicted octanol–water partition coefficient (Wildman–Crippen LogP) is 0.146. The van der Waals surface area contributed by atoms with E-state index in [9.17, 15) is 4.79 Å². The number of nitrogens with one attached hydrogen (secondary N) is 2. The Bertz CT molecular complexity index is 422. The summed E-state index contributed by atoms with van der Waals surface area (Å²) in [5, 5.41) is 2.88. The van der Waals surface area contributed by atoms with Crippen LogP contribution in [-0.2, 0) is 0 Å². The number of amides is 1. The van der Waals surface area contributed by atoms with Crippen LogP contribution in [0.4, 0.5) is 5.69 Å². The molecule has 2 rings (SSSR count). The molecule has 4 N–H and O–H groups in total. The van der Waals surface area contributed by atoms with Gasteiger partial charge in [0.1, 0.15) is 5.69 Å². The van der Waals surface area contributed by atoms with E-state index in [2.05, 4.69) is 20.6 Å². The van der Waals surface area contributed by atoms with E-state index in [1.807, 2.05) is 11.8 Å². The molecule has 2 heterocycles. The number of hydrogen-bond donors (Lipinski definition) is 3. The van der Waals surface area contributed by atoms with Crippen LogP contribution in [-0.4, -0.2) is 53.5 Å². The summed E-state index contributed by atoms with van der Waals surface area (Å²) in [7, 11) is 0. The summed E-state index contributed by atoms with van der Waals surface area (Å²) in [4.78, 5) is 18.3. The van der Waals surface area contributed by atoms with Crippen LogP contribution in [0.2, 0.25) is 0 Å². The highest BCUT2D eigenvalue weighted by atomic mass is 32.2. The summed E-state index contributed by atoms with van der Waals surface area (Å²) in [6.07, 6.45) is 1.56. The number of pyridine rings is 1. The van der Waals surface area contributed by atoms with Crippen molar-refractivity contribution in [3.63, 3.8) is 0 Å². The lowest BCUT2D eigenvalue weighted by atomic mass is 10.3. The van der Waals surface area contributed by atoms with Crippen LogP contribution in [0.3, 0.4) is 0 Å². The highest BCUT2D eigenvalue weighted by Gasteiger charge is 2.11. The number of nitrogens with two attached hydrogens (primary N) is 1. The molecular weight excluding hydrogens is 262 g/mol. The van der Waals surface area contributed by atoms with Crippen molar-refractivity contribution in [2.45, 2.75) is 0 Å². The van der Waals surface area contributed by atoms with Gasteiger partial charge in [-0.05, 0) is 12.1 Å². The Kier molecular flexibility index (Phi) is 5.44. The number of carbonyl (C=O) groups excluding carboxylic acids is 1. The topological polar surface area (TPSA) is 83.3 Å². The fourth-order valence-corrected chi connectivity index (χ4v) is 2.87. The maximum absolute atomic E-state index is 11.9. The number of anilines is 1. The molecule has 7 heteroatoms. The van der Waals surface area contributed by atoms with Crippen LogP contribution >= 0.6 is 11.8 Å². The maximum atomic E-state index is 11.9. The van der Waals surface area contributed by atoms with Crippen molar-refractivity contribution < 1.29 is 4.79 Å². The number of nitrogens with zero attached hydrogens (tertiary/aromatic N) is 2. The summed E-state index contributed by atoms with van der Waals surface area (Å²) < 4.78 is 0. The first-order valence-corrected chi connectivity index (χ1v) is 7.46. The zero-order chi connectivity index (χ0) is 13.5. The van der Waals surface area contributed by atoms with Gasteiger partial charge in [-0.2, -0.15) is 11.8 Å². The van der Waals surface area contributed by atoms with Gasteiger partial charge < -0.3 is 10.7 Å². The molecule has 1 fully saturated rings. The second kappa shape index (κ2) is 7.32. The first-order valence-electron chi connectivity index (χ1n) is 6.30. The van der Waals surface area contributed by atoms with E-state index in [1.54, 1.807) is 18.3 Å². The predicted molar refractivity (Wildman–Crippen MR) is 78.1 cm³/mol. The Morgan fingerprint density at radius 3 is 3.00 bits per heavy atom. The molecule has 104 valence electrons. The smallest absolute Gasteiger partial charge is 0.269 e. The lowest BCUT2D eigenvalue weighted by molar-refractivity contribution is 0.0944. The highest BCUT2D eigenvalue weighted by Crippen LogP contribution is 2.08. The molecule has 6 nitrogen and oxygen atoms in total. The lowest BCUT2D eigenvalue weighted by Crippen LogP contribution is -2.39. The van der Waals surface area contributed by atoms with Crippen LogP contribution in [0.5, 0.6) is 0 Å². The lowest BCUT2D eigenvalue weighted by Gasteiger charge is -2.25. The number of aromatic nitrogens is 1. The minimum absolute atomic E-state index is 0.163. The van der Waals surface area contributed by atoms with Crippen molar-refractivity contribution in [2.24, 2.45) is 5.84 Å². The largest absolute Gasteiger partial charge is 0.349 e. The molecule has 1 aliphatic heterocycles. The van der Waals surface area contributed by atoms with Crippen LogP contribution in [0.15, 0.2) is 18.3 Å². The first kappa shape index (κ1) is 14.1. The molecule has 0 bridgehead atoms. The summed E-state index contributed by atoms with van der Waals surface area (Å²) in [5.74, 6) is 7.50. The van der Waals surface area contributed by atoms with E-state index in [0.717, 1.165) is 19.6 Å². The van der Waals surface area contributed by atoms with Crippen molar-refractivity contribution in [1.82, 2.24) is 15.2 Å². The van der Waals surface area contributed by atoms with E-state index in [0.29, 0.717) is 17.9 Å². The fourth-order valence-electron chi connectivity index (χ4n) is 1.89. The molecule has 19 heavy (non-hydrogen) atoms. The van der Waals surface area contributed by atoms with Gasteiger partial charge in [-0.15, -0.1) is 0 Å². The van der Waals surface area contributed by atoms with Crippen molar-refractivity contribution >= 4 is 23.4 Å². The van der Waals surface area contributed by atoms with Gasteiger partial charge in [0, 0.05) is 43.9 Å². The molecule has 1 aliphatic rings. The normalized spacial score (nSPS) is 16.1.